The van der Waals surface area contributed by atoms with E-state index in [-0.39, 0.29) is 12.5 Å². The number of methoxy groups -OCH3 is 1. The number of fused-ring (bicyclic) bond motifs is 7. The molecular formula is C28H30N6O4S. The van der Waals surface area contributed by atoms with Crippen molar-refractivity contribution >= 4 is 17.6 Å². The second-order valence-corrected chi connectivity index (χ2v) is 10.2. The molecule has 10 nitrogen and oxygen atoms in total. The Morgan fingerprint density at radius 1 is 1.08 bits per heavy atom. The van der Waals surface area contributed by atoms with Gasteiger partial charge in [-0.25, -0.2) is 4.98 Å². The molecule has 0 saturated carbocycles. The van der Waals surface area contributed by atoms with Crippen molar-refractivity contribution < 1.29 is 19.0 Å². The molecule has 1 fully saturated rings. The Labute approximate surface area is 231 Å². The Morgan fingerprint density at radius 3 is 2.74 bits per heavy atom. The van der Waals surface area contributed by atoms with Crippen LogP contribution in [-0.2, 0) is 17.8 Å². The first-order valence-corrected chi connectivity index (χ1v) is 13.7. The molecule has 1 saturated heterocycles. The minimum atomic E-state index is -0.163. The van der Waals surface area contributed by atoms with Gasteiger partial charge in [-0.3, -0.25) is 14.3 Å². The summed E-state index contributed by atoms with van der Waals surface area (Å²) < 4.78 is 27.9. The number of nitrogens with zero attached hydrogens (tertiary/aromatic N) is 6. The Morgan fingerprint density at radius 2 is 1.95 bits per heavy atom. The van der Waals surface area contributed by atoms with Crippen molar-refractivity contribution in [3.8, 4) is 28.6 Å². The van der Waals surface area contributed by atoms with Crippen LogP contribution in [0.5, 0.6) is 11.5 Å². The second-order valence-electron chi connectivity index (χ2n) is 9.66. The zero-order chi connectivity index (χ0) is 26.8. The molecule has 4 bridgehead atoms. The average Bonchev–Trinajstić information content (AvgIpc) is 3.61. The van der Waals surface area contributed by atoms with Crippen LogP contribution in [0.2, 0.25) is 0 Å². The predicted octanol–water partition coefficient (Wildman–Crippen LogP) is 3.57. The third kappa shape index (κ3) is 5.38. The van der Waals surface area contributed by atoms with Crippen LogP contribution >= 0.6 is 11.7 Å². The summed E-state index contributed by atoms with van der Waals surface area (Å²) in [5.41, 5.74) is 5.10. The number of hydrogen-bond acceptors (Lipinski definition) is 9. The molecular weight excluding hydrogens is 516 g/mol. The van der Waals surface area contributed by atoms with Gasteiger partial charge in [-0.05, 0) is 48.4 Å². The van der Waals surface area contributed by atoms with E-state index >= 15 is 0 Å². The first kappa shape index (κ1) is 25.5. The molecule has 202 valence electrons. The number of aromatic nitrogens is 4. The van der Waals surface area contributed by atoms with E-state index in [1.807, 2.05) is 31.3 Å². The average molecular weight is 547 g/mol. The van der Waals surface area contributed by atoms with Crippen LogP contribution in [0.25, 0.3) is 17.1 Å². The third-order valence-electron chi connectivity index (χ3n) is 7.02. The smallest absolute Gasteiger partial charge is 0.275 e. The van der Waals surface area contributed by atoms with E-state index < -0.39 is 0 Å². The van der Waals surface area contributed by atoms with Gasteiger partial charge in [0, 0.05) is 49.8 Å². The van der Waals surface area contributed by atoms with Gasteiger partial charge in [0.05, 0.1) is 44.3 Å². The van der Waals surface area contributed by atoms with Crippen LogP contribution in [0.1, 0.15) is 27.3 Å². The largest absolute Gasteiger partial charge is 0.493 e. The molecule has 2 aliphatic heterocycles. The van der Waals surface area contributed by atoms with Crippen LogP contribution in [0.3, 0.4) is 0 Å². The van der Waals surface area contributed by atoms with E-state index in [1.165, 1.54) is 5.56 Å². The molecule has 39 heavy (non-hydrogen) atoms. The molecule has 4 aromatic rings. The molecule has 2 aromatic carbocycles. The lowest BCUT2D eigenvalue weighted by Gasteiger charge is -2.27. The monoisotopic (exact) mass is 546 g/mol. The number of morpholine rings is 1. The van der Waals surface area contributed by atoms with Crippen molar-refractivity contribution in [1.29, 1.82) is 0 Å². The van der Waals surface area contributed by atoms with Crippen molar-refractivity contribution in [3.05, 3.63) is 71.3 Å². The van der Waals surface area contributed by atoms with E-state index in [0.29, 0.717) is 36.0 Å². The molecule has 6 rings (SSSR count). The highest BCUT2D eigenvalue weighted by atomic mass is 32.1. The van der Waals surface area contributed by atoms with E-state index in [9.17, 15) is 4.79 Å². The van der Waals surface area contributed by atoms with Crippen molar-refractivity contribution in [3.63, 3.8) is 0 Å². The van der Waals surface area contributed by atoms with E-state index in [0.717, 1.165) is 67.2 Å². The number of aryl methyl sites for hydroxylation is 1. The van der Waals surface area contributed by atoms with Crippen LogP contribution in [0, 0.1) is 6.92 Å². The van der Waals surface area contributed by atoms with Crippen LogP contribution in [0.4, 0.5) is 0 Å². The molecule has 1 amide bonds. The van der Waals surface area contributed by atoms with Crippen molar-refractivity contribution in [1.82, 2.24) is 28.1 Å². The summed E-state index contributed by atoms with van der Waals surface area (Å²) in [6.07, 6.45) is 3.76. The minimum absolute atomic E-state index is 0.163. The quantitative estimate of drug-likeness (QED) is 0.384. The molecule has 0 N–H and O–H groups in total. The molecule has 0 aliphatic carbocycles. The third-order valence-corrected chi connectivity index (χ3v) is 7.64. The molecule has 0 unspecified atom stereocenters. The lowest BCUT2D eigenvalue weighted by atomic mass is 10.1. The van der Waals surface area contributed by atoms with Crippen molar-refractivity contribution in [2.24, 2.45) is 0 Å². The number of hydrogen-bond donors (Lipinski definition) is 0. The number of benzene rings is 2. The van der Waals surface area contributed by atoms with Gasteiger partial charge < -0.3 is 19.1 Å². The maximum Gasteiger partial charge on any atom is 0.275 e. The van der Waals surface area contributed by atoms with Crippen LogP contribution in [-0.4, -0.2) is 80.6 Å². The highest BCUT2D eigenvalue weighted by Gasteiger charge is 2.23. The molecule has 4 heterocycles. The number of rotatable bonds is 4. The van der Waals surface area contributed by atoms with Gasteiger partial charge in [-0.1, -0.05) is 6.07 Å². The molecule has 0 atom stereocenters. The summed E-state index contributed by atoms with van der Waals surface area (Å²) in [6, 6.07) is 12.3. The minimum Gasteiger partial charge on any atom is -0.493 e. The molecule has 11 heteroatoms. The van der Waals surface area contributed by atoms with Gasteiger partial charge in [0.2, 0.25) is 0 Å². The Balaban J connectivity index is 1.45. The standard InChI is InChI=1S/C28H30N6O4S/c1-19-26(31-39-30-19)28(35)33-9-12-38-25-16-22(3-4-24(25)36-2)27-29-5-6-34(27)23-14-20(13-21(15-23)18-33)17-32-7-10-37-11-8-32/h3-6,13-16H,7-12,17-18H2,1-2H3. The maximum atomic E-state index is 13.6. The number of carbonyl (C=O) groups excluding carboxylic acids is 1. The Bertz CT molecular complexity index is 1480. The summed E-state index contributed by atoms with van der Waals surface area (Å²) >= 11 is 1.05. The van der Waals surface area contributed by atoms with Gasteiger partial charge in [-0.2, -0.15) is 8.75 Å². The molecule has 0 radical (unpaired) electrons. The van der Waals surface area contributed by atoms with Crippen molar-refractivity contribution in [2.45, 2.75) is 20.0 Å². The summed E-state index contributed by atoms with van der Waals surface area (Å²) in [5.74, 6) is 1.86. The maximum absolute atomic E-state index is 13.6. The van der Waals surface area contributed by atoms with Gasteiger partial charge in [-0.15, -0.1) is 0 Å². The Kier molecular flexibility index (Phi) is 7.27. The number of carbonyl (C=O) groups is 1. The van der Waals surface area contributed by atoms with E-state index in [1.54, 1.807) is 18.2 Å². The first-order chi connectivity index (χ1) is 19.1. The molecule has 2 aromatic heterocycles. The number of imidazole rings is 1. The van der Waals surface area contributed by atoms with Gasteiger partial charge in [0.1, 0.15) is 12.4 Å². The van der Waals surface area contributed by atoms with Crippen LogP contribution in [0.15, 0.2) is 48.8 Å². The fourth-order valence-electron chi connectivity index (χ4n) is 5.05. The highest BCUT2D eigenvalue weighted by Crippen LogP contribution is 2.33. The summed E-state index contributed by atoms with van der Waals surface area (Å²) in [7, 11) is 1.62. The normalized spacial score (nSPS) is 15.9. The first-order valence-electron chi connectivity index (χ1n) is 13.0. The molecule has 2 aliphatic rings. The van der Waals surface area contributed by atoms with Gasteiger partial charge >= 0.3 is 0 Å². The summed E-state index contributed by atoms with van der Waals surface area (Å²) in [5, 5.41) is 0. The van der Waals surface area contributed by atoms with E-state index in [4.69, 9.17) is 14.2 Å². The van der Waals surface area contributed by atoms with Crippen LogP contribution < -0.4 is 9.47 Å². The predicted molar refractivity (Wildman–Crippen MR) is 147 cm³/mol. The Hall–Kier alpha value is -3.80. The number of amides is 1. The fourth-order valence-corrected chi connectivity index (χ4v) is 5.59. The highest BCUT2D eigenvalue weighted by molar-refractivity contribution is 6.99. The lowest BCUT2D eigenvalue weighted by molar-refractivity contribution is 0.0341. The summed E-state index contributed by atoms with van der Waals surface area (Å²) in [6.45, 7) is 6.93. The SMILES string of the molecule is COc1ccc2cc1OCCN(C(=O)c1nsnc1C)Cc1cc(CN3CCOCC3)cc(c1)-n1ccnc1-2. The van der Waals surface area contributed by atoms with E-state index in [2.05, 4.69) is 41.4 Å². The zero-order valence-corrected chi connectivity index (χ0v) is 22.8. The van der Waals surface area contributed by atoms with Gasteiger partial charge in [0.15, 0.2) is 17.2 Å². The lowest BCUT2D eigenvalue weighted by Crippen LogP contribution is -2.36. The number of ether oxygens (including phenoxy) is 3. The zero-order valence-electron chi connectivity index (χ0n) is 22.0. The summed E-state index contributed by atoms with van der Waals surface area (Å²) in [4.78, 5) is 22.5. The molecule has 0 spiro atoms. The van der Waals surface area contributed by atoms with Gasteiger partial charge in [0.25, 0.3) is 5.91 Å². The second kappa shape index (κ2) is 11.1. The van der Waals surface area contributed by atoms with Crippen molar-refractivity contribution in [2.75, 3.05) is 46.6 Å². The fraction of sp³-hybridized carbons (Fsp3) is 0.357. The topological polar surface area (TPSA) is 94.8 Å².